The Hall–Kier alpha value is -2.54. The summed E-state index contributed by atoms with van der Waals surface area (Å²) in [5.41, 5.74) is 4.24. The van der Waals surface area contributed by atoms with Gasteiger partial charge in [0.2, 0.25) is 5.95 Å². The number of pyridine rings is 1. The molecule has 4 rings (SSSR count). The fourth-order valence-corrected chi connectivity index (χ4v) is 3.79. The van der Waals surface area contributed by atoms with Gasteiger partial charge < -0.3 is 9.64 Å². The lowest BCUT2D eigenvalue weighted by Crippen LogP contribution is -2.38. The van der Waals surface area contributed by atoms with Crippen LogP contribution in [0.1, 0.15) is 28.6 Å². The van der Waals surface area contributed by atoms with Crippen LogP contribution in [0.3, 0.4) is 0 Å². The van der Waals surface area contributed by atoms with E-state index in [1.807, 2.05) is 55.7 Å². The van der Waals surface area contributed by atoms with E-state index in [4.69, 9.17) is 21.3 Å². The first-order chi connectivity index (χ1) is 14.6. The number of anilines is 1. The zero-order valence-corrected chi connectivity index (χ0v) is 18.1. The van der Waals surface area contributed by atoms with Crippen molar-refractivity contribution in [1.29, 1.82) is 0 Å². The summed E-state index contributed by atoms with van der Waals surface area (Å²) in [6.07, 6.45) is 4.51. The van der Waals surface area contributed by atoms with Crippen LogP contribution in [-0.2, 0) is 17.7 Å². The van der Waals surface area contributed by atoms with Crippen LogP contribution in [0.5, 0.6) is 0 Å². The van der Waals surface area contributed by atoms with E-state index in [9.17, 15) is 0 Å². The summed E-state index contributed by atoms with van der Waals surface area (Å²) in [7, 11) is 3.88. The number of halogens is 1. The summed E-state index contributed by atoms with van der Waals surface area (Å²) in [4.78, 5) is 18.0. The van der Waals surface area contributed by atoms with Gasteiger partial charge in [-0.1, -0.05) is 29.8 Å². The molecule has 0 bridgehead atoms. The van der Waals surface area contributed by atoms with Crippen molar-refractivity contribution in [2.45, 2.75) is 19.1 Å². The summed E-state index contributed by atoms with van der Waals surface area (Å²) in [5.74, 6) is 0.722. The Morgan fingerprint density at radius 3 is 2.67 bits per heavy atom. The number of aromatic nitrogens is 3. The average Bonchev–Trinajstić information content (AvgIpc) is 2.75. The van der Waals surface area contributed by atoms with Crippen LogP contribution < -0.4 is 4.90 Å². The Labute approximate surface area is 182 Å². The van der Waals surface area contributed by atoms with Crippen molar-refractivity contribution >= 4 is 17.5 Å². The number of rotatable bonds is 6. The van der Waals surface area contributed by atoms with Crippen LogP contribution in [0, 0.1) is 0 Å². The number of nitrogens with zero attached hydrogens (tertiary/aromatic N) is 5. The first kappa shape index (κ1) is 20.7. The minimum Gasteiger partial charge on any atom is -0.369 e. The van der Waals surface area contributed by atoms with E-state index in [1.54, 1.807) is 0 Å². The zero-order valence-electron chi connectivity index (χ0n) is 17.3. The number of ether oxygens (including phenoxy) is 1. The molecule has 0 aliphatic carbocycles. The third-order valence-electron chi connectivity index (χ3n) is 5.08. The highest BCUT2D eigenvalue weighted by atomic mass is 35.5. The quantitative estimate of drug-likeness (QED) is 0.601. The van der Waals surface area contributed by atoms with Crippen LogP contribution in [-0.4, -0.2) is 53.6 Å². The molecule has 0 radical (unpaired) electrons. The van der Waals surface area contributed by atoms with Crippen molar-refractivity contribution < 1.29 is 4.74 Å². The smallest absolute Gasteiger partial charge is 0.224 e. The molecule has 6 nitrogen and oxygen atoms in total. The summed E-state index contributed by atoms with van der Waals surface area (Å²) in [5, 5.41) is 0.748. The molecule has 3 aromatic rings. The molecule has 0 amide bonds. The van der Waals surface area contributed by atoms with Crippen molar-refractivity contribution in [2.24, 2.45) is 0 Å². The highest BCUT2D eigenvalue weighted by Gasteiger charge is 2.23. The largest absolute Gasteiger partial charge is 0.369 e. The van der Waals surface area contributed by atoms with Crippen molar-refractivity contribution in [1.82, 2.24) is 19.9 Å². The van der Waals surface area contributed by atoms with Crippen molar-refractivity contribution in [3.8, 4) is 0 Å². The van der Waals surface area contributed by atoms with Crippen LogP contribution >= 0.6 is 11.6 Å². The van der Waals surface area contributed by atoms with Crippen LogP contribution in [0.25, 0.3) is 0 Å². The van der Waals surface area contributed by atoms with Gasteiger partial charge in [0.1, 0.15) is 6.10 Å². The van der Waals surface area contributed by atoms with Gasteiger partial charge in [-0.3, -0.25) is 9.88 Å². The highest BCUT2D eigenvalue weighted by Crippen LogP contribution is 2.23. The van der Waals surface area contributed by atoms with Crippen LogP contribution in [0.4, 0.5) is 5.95 Å². The molecule has 2 aromatic heterocycles. The molecule has 1 aromatic carbocycles. The predicted octanol–water partition coefficient (Wildman–Crippen LogP) is 3.76. The first-order valence-electron chi connectivity index (χ1n) is 10.1. The fourth-order valence-electron chi connectivity index (χ4n) is 3.58. The third-order valence-corrected chi connectivity index (χ3v) is 5.32. The Balaban J connectivity index is 1.41. The lowest BCUT2D eigenvalue weighted by Gasteiger charge is -2.32. The van der Waals surface area contributed by atoms with Gasteiger partial charge in [-0.15, -0.1) is 0 Å². The Morgan fingerprint density at radius 1 is 1.10 bits per heavy atom. The molecule has 0 N–H and O–H groups in total. The van der Waals surface area contributed by atoms with E-state index in [0.717, 1.165) is 59.5 Å². The Bertz CT molecular complexity index is 979. The van der Waals surface area contributed by atoms with Gasteiger partial charge in [0, 0.05) is 68.8 Å². The molecule has 156 valence electrons. The Kier molecular flexibility index (Phi) is 6.57. The molecule has 1 aliphatic rings. The SMILES string of the molecule is CN(C)c1ncc(CN2CCO[C@H](c3cccc(Cc4cccc(Cl)c4)n3)C2)cn1. The second-order valence-corrected chi connectivity index (χ2v) is 8.18. The van der Waals surface area contributed by atoms with Crippen molar-refractivity contribution in [3.05, 3.63) is 82.4 Å². The summed E-state index contributed by atoms with van der Waals surface area (Å²) in [6.45, 7) is 3.16. The lowest BCUT2D eigenvalue weighted by atomic mass is 10.1. The second kappa shape index (κ2) is 9.51. The Morgan fingerprint density at radius 2 is 1.90 bits per heavy atom. The minimum atomic E-state index is -0.0416. The van der Waals surface area contributed by atoms with E-state index in [-0.39, 0.29) is 6.10 Å². The topological polar surface area (TPSA) is 54.4 Å². The molecule has 1 aliphatic heterocycles. The van der Waals surface area contributed by atoms with Crippen LogP contribution in [0.15, 0.2) is 54.9 Å². The summed E-state index contributed by atoms with van der Waals surface area (Å²) in [6, 6.07) is 14.1. The molecule has 0 saturated carbocycles. The molecule has 0 spiro atoms. The van der Waals surface area contributed by atoms with Gasteiger partial charge in [-0.2, -0.15) is 0 Å². The third kappa shape index (κ3) is 5.33. The second-order valence-electron chi connectivity index (χ2n) is 7.74. The van der Waals surface area contributed by atoms with Gasteiger partial charge in [0.25, 0.3) is 0 Å². The number of morpholine rings is 1. The molecule has 1 saturated heterocycles. The molecule has 30 heavy (non-hydrogen) atoms. The van der Waals surface area contributed by atoms with E-state index < -0.39 is 0 Å². The molecule has 1 fully saturated rings. The standard InChI is InChI=1S/C23H26ClN5O/c1-28(2)23-25-13-18(14-26-23)15-29-9-10-30-22(16-29)21-8-4-7-20(27-21)12-17-5-3-6-19(24)11-17/h3-8,11,13-14,22H,9-10,12,15-16H2,1-2H3/t22-/m0/s1. The van der Waals surface area contributed by atoms with Gasteiger partial charge in [0.05, 0.1) is 12.3 Å². The maximum Gasteiger partial charge on any atom is 0.224 e. The molecule has 3 heterocycles. The average molecular weight is 424 g/mol. The summed E-state index contributed by atoms with van der Waals surface area (Å²) < 4.78 is 6.04. The molecule has 0 unspecified atom stereocenters. The van der Waals surface area contributed by atoms with Gasteiger partial charge in [-0.05, 0) is 29.8 Å². The van der Waals surface area contributed by atoms with Gasteiger partial charge >= 0.3 is 0 Å². The van der Waals surface area contributed by atoms with Gasteiger partial charge in [0.15, 0.2) is 0 Å². The number of hydrogen-bond acceptors (Lipinski definition) is 6. The maximum atomic E-state index is 6.11. The lowest BCUT2D eigenvalue weighted by molar-refractivity contribution is -0.0351. The van der Waals surface area contributed by atoms with E-state index >= 15 is 0 Å². The molecular formula is C23H26ClN5O. The predicted molar refractivity (Wildman–Crippen MR) is 119 cm³/mol. The highest BCUT2D eigenvalue weighted by molar-refractivity contribution is 6.30. The number of hydrogen-bond donors (Lipinski definition) is 0. The maximum absolute atomic E-state index is 6.11. The zero-order chi connectivity index (χ0) is 20.9. The van der Waals surface area contributed by atoms with E-state index in [1.165, 1.54) is 0 Å². The molecular weight excluding hydrogens is 398 g/mol. The van der Waals surface area contributed by atoms with Crippen molar-refractivity contribution in [3.63, 3.8) is 0 Å². The van der Waals surface area contributed by atoms with Crippen LogP contribution in [0.2, 0.25) is 5.02 Å². The van der Waals surface area contributed by atoms with E-state index in [2.05, 4.69) is 33.1 Å². The normalized spacial score (nSPS) is 17.1. The van der Waals surface area contributed by atoms with E-state index in [0.29, 0.717) is 6.61 Å². The minimum absolute atomic E-state index is 0.0416. The molecule has 1 atom stereocenters. The monoisotopic (exact) mass is 423 g/mol. The number of benzene rings is 1. The van der Waals surface area contributed by atoms with Gasteiger partial charge in [-0.25, -0.2) is 9.97 Å². The van der Waals surface area contributed by atoms with Crippen molar-refractivity contribution in [2.75, 3.05) is 38.7 Å². The fraction of sp³-hybridized carbons (Fsp3) is 0.348. The first-order valence-corrected chi connectivity index (χ1v) is 10.5. The molecule has 7 heteroatoms. The summed E-state index contributed by atoms with van der Waals surface area (Å²) >= 11 is 6.11.